The van der Waals surface area contributed by atoms with E-state index in [1.165, 1.54) is 0 Å². The molecule has 0 aliphatic carbocycles. The van der Waals surface area contributed by atoms with Gasteiger partial charge in [-0.15, -0.1) is 0 Å². The Hall–Kier alpha value is -1.55. The van der Waals surface area contributed by atoms with Gasteiger partial charge in [0.05, 0.1) is 13.2 Å². The number of hydrogen-bond donors (Lipinski definition) is 1. The summed E-state index contributed by atoms with van der Waals surface area (Å²) in [7, 11) is 0. The fourth-order valence-electron chi connectivity index (χ4n) is 1.44. The highest BCUT2D eigenvalue weighted by atomic mass is 16.6. The van der Waals surface area contributed by atoms with Gasteiger partial charge in [-0.3, -0.25) is 0 Å². The summed E-state index contributed by atoms with van der Waals surface area (Å²) in [5.41, 5.74) is -1.31. The smallest absolute Gasteiger partial charge is 0.352 e. The van der Waals surface area contributed by atoms with E-state index in [0.29, 0.717) is 12.2 Å². The Morgan fingerprint density at radius 3 is 2.41 bits per heavy atom. The maximum absolute atomic E-state index is 11.8. The number of aliphatic hydroxyl groups is 1. The van der Waals surface area contributed by atoms with E-state index in [1.54, 1.807) is 38.1 Å². The molecule has 0 fully saturated rings. The highest BCUT2D eigenvalue weighted by Gasteiger charge is 2.40. The summed E-state index contributed by atoms with van der Waals surface area (Å²) >= 11 is 0. The summed E-state index contributed by atoms with van der Waals surface area (Å²) < 4.78 is 10.5. The summed E-state index contributed by atoms with van der Waals surface area (Å²) in [6.45, 7) is 3.35. The van der Waals surface area contributed by atoms with E-state index in [1.807, 2.05) is 6.07 Å². The molecule has 0 saturated heterocycles. The zero-order valence-corrected chi connectivity index (χ0v) is 10.2. The minimum atomic E-state index is -1.31. The molecular formula is C13H18O4. The molecule has 17 heavy (non-hydrogen) atoms. The molecule has 1 unspecified atom stereocenters. The van der Waals surface area contributed by atoms with Crippen LogP contribution >= 0.6 is 0 Å². The van der Waals surface area contributed by atoms with Gasteiger partial charge in [0.1, 0.15) is 5.75 Å². The molecule has 1 aromatic carbocycles. The van der Waals surface area contributed by atoms with Crippen LogP contribution in [0.25, 0.3) is 0 Å². The summed E-state index contributed by atoms with van der Waals surface area (Å²) in [5.74, 6) is 0.00491. The SMILES string of the molecule is CCOC(=O)C(CC)(CO)Oc1ccccc1. The average Bonchev–Trinajstić information content (AvgIpc) is 2.37. The molecule has 94 valence electrons. The lowest BCUT2D eigenvalue weighted by molar-refractivity contribution is -0.166. The van der Waals surface area contributed by atoms with Crippen molar-refractivity contribution in [2.24, 2.45) is 0 Å². The number of benzene rings is 1. The van der Waals surface area contributed by atoms with Gasteiger partial charge in [-0.05, 0) is 25.5 Å². The molecule has 0 heterocycles. The predicted molar refractivity (Wildman–Crippen MR) is 63.8 cm³/mol. The van der Waals surface area contributed by atoms with Crippen molar-refractivity contribution < 1.29 is 19.4 Å². The minimum Gasteiger partial charge on any atom is -0.473 e. The van der Waals surface area contributed by atoms with Crippen molar-refractivity contribution >= 4 is 5.97 Å². The number of carbonyl (C=O) groups excluding carboxylic acids is 1. The molecular weight excluding hydrogens is 220 g/mol. The summed E-state index contributed by atoms with van der Waals surface area (Å²) in [6.07, 6.45) is 0.344. The molecule has 4 nitrogen and oxygen atoms in total. The van der Waals surface area contributed by atoms with E-state index in [4.69, 9.17) is 9.47 Å². The molecule has 0 spiro atoms. The molecule has 1 aromatic rings. The largest absolute Gasteiger partial charge is 0.473 e. The quantitative estimate of drug-likeness (QED) is 0.767. The molecule has 1 rings (SSSR count). The topological polar surface area (TPSA) is 55.8 Å². The van der Waals surface area contributed by atoms with Crippen LogP contribution in [-0.4, -0.2) is 29.9 Å². The Morgan fingerprint density at radius 1 is 1.29 bits per heavy atom. The molecule has 0 radical (unpaired) electrons. The first kappa shape index (κ1) is 13.5. The summed E-state index contributed by atoms with van der Waals surface area (Å²) in [6, 6.07) is 8.93. The lowest BCUT2D eigenvalue weighted by Crippen LogP contribution is -2.48. The third-order valence-electron chi connectivity index (χ3n) is 2.53. The normalized spacial score (nSPS) is 13.8. The second-order valence-corrected chi connectivity index (χ2v) is 3.64. The second kappa shape index (κ2) is 6.25. The van der Waals surface area contributed by atoms with Crippen LogP contribution in [0.15, 0.2) is 30.3 Å². The van der Waals surface area contributed by atoms with Crippen LogP contribution < -0.4 is 4.74 Å². The van der Waals surface area contributed by atoms with E-state index in [9.17, 15) is 9.90 Å². The van der Waals surface area contributed by atoms with Crippen molar-refractivity contribution in [1.29, 1.82) is 0 Å². The minimum absolute atomic E-state index is 0.263. The standard InChI is InChI=1S/C13H18O4/c1-3-13(10-14,12(15)16-4-2)17-11-8-6-5-7-9-11/h5-9,14H,3-4,10H2,1-2H3. The fourth-order valence-corrected chi connectivity index (χ4v) is 1.44. The first-order valence-corrected chi connectivity index (χ1v) is 5.70. The Kier molecular flexibility index (Phi) is 4.97. The molecule has 4 heteroatoms. The number of para-hydroxylation sites is 1. The van der Waals surface area contributed by atoms with E-state index in [2.05, 4.69) is 0 Å². The van der Waals surface area contributed by atoms with Gasteiger partial charge in [0.25, 0.3) is 0 Å². The first-order valence-electron chi connectivity index (χ1n) is 5.70. The van der Waals surface area contributed by atoms with Gasteiger partial charge in [-0.25, -0.2) is 4.79 Å². The van der Waals surface area contributed by atoms with Gasteiger partial charge < -0.3 is 14.6 Å². The molecule has 0 aromatic heterocycles. The molecule has 0 saturated carbocycles. The highest BCUT2D eigenvalue weighted by molar-refractivity contribution is 5.80. The number of ether oxygens (including phenoxy) is 2. The number of rotatable bonds is 6. The zero-order chi connectivity index (χ0) is 12.7. The number of carbonyl (C=O) groups is 1. The summed E-state index contributed by atoms with van der Waals surface area (Å²) in [4.78, 5) is 11.8. The van der Waals surface area contributed by atoms with Crippen molar-refractivity contribution in [3.05, 3.63) is 30.3 Å². The van der Waals surface area contributed by atoms with Crippen molar-refractivity contribution in [2.45, 2.75) is 25.9 Å². The van der Waals surface area contributed by atoms with Crippen molar-refractivity contribution in [1.82, 2.24) is 0 Å². The number of aliphatic hydroxyl groups excluding tert-OH is 1. The lowest BCUT2D eigenvalue weighted by Gasteiger charge is -2.29. The molecule has 0 bridgehead atoms. The van der Waals surface area contributed by atoms with Crippen LogP contribution in [0.2, 0.25) is 0 Å². The molecule has 0 amide bonds. The number of hydrogen-bond acceptors (Lipinski definition) is 4. The average molecular weight is 238 g/mol. The Morgan fingerprint density at radius 2 is 1.94 bits per heavy atom. The third kappa shape index (κ3) is 3.20. The molecule has 1 N–H and O–H groups in total. The van der Waals surface area contributed by atoms with Gasteiger partial charge in [0.2, 0.25) is 5.60 Å². The fraction of sp³-hybridized carbons (Fsp3) is 0.462. The maximum Gasteiger partial charge on any atom is 0.352 e. The molecule has 1 atom stereocenters. The third-order valence-corrected chi connectivity index (χ3v) is 2.53. The Bertz CT molecular complexity index is 344. The van der Waals surface area contributed by atoms with Crippen LogP contribution in [0.1, 0.15) is 20.3 Å². The van der Waals surface area contributed by atoms with Gasteiger partial charge in [-0.1, -0.05) is 25.1 Å². The number of esters is 1. The van der Waals surface area contributed by atoms with E-state index < -0.39 is 18.2 Å². The van der Waals surface area contributed by atoms with E-state index in [-0.39, 0.29) is 6.61 Å². The first-order chi connectivity index (χ1) is 8.18. The predicted octanol–water partition coefficient (Wildman–Crippen LogP) is 1.77. The van der Waals surface area contributed by atoms with Gasteiger partial charge in [0, 0.05) is 0 Å². The van der Waals surface area contributed by atoms with Crippen LogP contribution in [0, 0.1) is 0 Å². The van der Waals surface area contributed by atoms with Gasteiger partial charge >= 0.3 is 5.97 Å². The summed E-state index contributed by atoms with van der Waals surface area (Å²) in [5, 5.41) is 9.41. The molecule has 0 aliphatic heterocycles. The van der Waals surface area contributed by atoms with Crippen LogP contribution in [0.5, 0.6) is 5.75 Å². The molecule has 0 aliphatic rings. The van der Waals surface area contributed by atoms with Crippen LogP contribution in [-0.2, 0) is 9.53 Å². The van der Waals surface area contributed by atoms with Crippen LogP contribution in [0.4, 0.5) is 0 Å². The zero-order valence-electron chi connectivity index (χ0n) is 10.2. The Balaban J connectivity index is 2.88. The Labute approximate surface area is 101 Å². The van der Waals surface area contributed by atoms with Crippen molar-refractivity contribution in [3.63, 3.8) is 0 Å². The van der Waals surface area contributed by atoms with E-state index >= 15 is 0 Å². The van der Waals surface area contributed by atoms with Gasteiger partial charge in [-0.2, -0.15) is 0 Å². The lowest BCUT2D eigenvalue weighted by atomic mass is 10.0. The van der Waals surface area contributed by atoms with Gasteiger partial charge in [0.15, 0.2) is 0 Å². The van der Waals surface area contributed by atoms with Crippen LogP contribution in [0.3, 0.4) is 0 Å². The highest BCUT2D eigenvalue weighted by Crippen LogP contribution is 2.22. The van der Waals surface area contributed by atoms with Crippen molar-refractivity contribution in [3.8, 4) is 5.75 Å². The van der Waals surface area contributed by atoms with E-state index in [0.717, 1.165) is 0 Å². The maximum atomic E-state index is 11.8. The second-order valence-electron chi connectivity index (χ2n) is 3.64. The van der Waals surface area contributed by atoms with Crippen molar-refractivity contribution in [2.75, 3.05) is 13.2 Å². The monoisotopic (exact) mass is 238 g/mol.